The lowest BCUT2D eigenvalue weighted by molar-refractivity contribution is 0.259. The van der Waals surface area contributed by atoms with Crippen LogP contribution in [0.3, 0.4) is 0 Å². The maximum Gasteiger partial charge on any atom is 0.250 e. The highest BCUT2D eigenvalue weighted by atomic mass is 19.1. The Morgan fingerprint density at radius 1 is 1.16 bits per heavy atom. The number of nitrogens with zero attached hydrogens (tertiary/aromatic N) is 1. The Bertz CT molecular complexity index is 517. The summed E-state index contributed by atoms with van der Waals surface area (Å²) in [4.78, 5) is 3.82. The average Bonchev–Trinajstić information content (AvgIpc) is 2.46. The number of benzene rings is 1. The zero-order chi connectivity index (χ0) is 13.5. The molecule has 0 aliphatic heterocycles. The Morgan fingerprint density at radius 2 is 1.95 bits per heavy atom. The maximum absolute atomic E-state index is 13.7. The molecule has 0 radical (unpaired) electrons. The summed E-state index contributed by atoms with van der Waals surface area (Å²) >= 11 is 0. The van der Waals surface area contributed by atoms with Crippen LogP contribution in [0.15, 0.2) is 42.6 Å². The van der Waals surface area contributed by atoms with Crippen LogP contribution in [0.2, 0.25) is 0 Å². The third-order valence-electron chi connectivity index (χ3n) is 2.80. The van der Waals surface area contributed by atoms with E-state index in [0.29, 0.717) is 6.61 Å². The van der Waals surface area contributed by atoms with Crippen molar-refractivity contribution in [1.82, 2.24) is 4.98 Å². The first-order valence-electron chi connectivity index (χ1n) is 6.22. The second kappa shape index (κ2) is 6.85. The molecule has 0 spiro atoms. The number of aryl methyl sites for hydroxylation is 1. The minimum absolute atomic E-state index is 0.0420. The van der Waals surface area contributed by atoms with Gasteiger partial charge in [0, 0.05) is 11.8 Å². The Labute approximate surface area is 111 Å². The largest absolute Gasteiger partial charge is 0.476 e. The molecule has 4 heteroatoms. The molecule has 19 heavy (non-hydrogen) atoms. The first-order chi connectivity index (χ1) is 9.31. The van der Waals surface area contributed by atoms with Crippen LogP contribution in [0.5, 0.6) is 5.88 Å². The van der Waals surface area contributed by atoms with Gasteiger partial charge in [0.05, 0.1) is 13.2 Å². The molecule has 0 saturated carbocycles. The van der Waals surface area contributed by atoms with Crippen LogP contribution in [0.1, 0.15) is 17.5 Å². The standard InChI is InChI=1S/C15H16FNO2/c16-14-13(11-18)8-9-17-15(14)19-10-4-7-12-5-2-1-3-6-12/h1-3,5-6,8-9,18H,4,7,10-11H2. The zero-order valence-electron chi connectivity index (χ0n) is 10.6. The summed E-state index contributed by atoms with van der Waals surface area (Å²) in [5.41, 5.74) is 1.43. The van der Waals surface area contributed by atoms with Crippen LogP contribution in [-0.2, 0) is 13.0 Å². The molecule has 0 unspecified atom stereocenters. The Kier molecular flexibility index (Phi) is 4.86. The third kappa shape index (κ3) is 3.76. The Morgan fingerprint density at radius 3 is 2.68 bits per heavy atom. The maximum atomic E-state index is 13.7. The molecule has 0 bridgehead atoms. The lowest BCUT2D eigenvalue weighted by Gasteiger charge is -2.08. The molecule has 2 rings (SSSR count). The highest BCUT2D eigenvalue weighted by molar-refractivity contribution is 5.22. The van der Waals surface area contributed by atoms with E-state index < -0.39 is 5.82 Å². The van der Waals surface area contributed by atoms with E-state index in [1.165, 1.54) is 17.8 Å². The number of hydrogen-bond acceptors (Lipinski definition) is 3. The quantitative estimate of drug-likeness (QED) is 0.813. The Balaban J connectivity index is 1.83. The van der Waals surface area contributed by atoms with Crippen LogP contribution in [-0.4, -0.2) is 16.7 Å². The van der Waals surface area contributed by atoms with E-state index in [-0.39, 0.29) is 18.1 Å². The summed E-state index contributed by atoms with van der Waals surface area (Å²) < 4.78 is 19.0. The molecule has 1 N–H and O–H groups in total. The lowest BCUT2D eigenvalue weighted by atomic mass is 10.1. The number of aromatic nitrogens is 1. The number of halogens is 1. The molecule has 0 amide bonds. The fraction of sp³-hybridized carbons (Fsp3) is 0.267. The van der Waals surface area contributed by atoms with Gasteiger partial charge >= 0.3 is 0 Å². The smallest absolute Gasteiger partial charge is 0.250 e. The molecule has 2 aromatic rings. The number of aliphatic hydroxyl groups is 1. The average molecular weight is 261 g/mol. The number of aliphatic hydroxyl groups excluding tert-OH is 1. The predicted octanol–water partition coefficient (Wildman–Crippen LogP) is 2.72. The van der Waals surface area contributed by atoms with Gasteiger partial charge in [0.2, 0.25) is 0 Å². The van der Waals surface area contributed by atoms with Gasteiger partial charge in [-0.05, 0) is 24.5 Å². The molecular weight excluding hydrogens is 245 g/mol. The third-order valence-corrected chi connectivity index (χ3v) is 2.80. The van der Waals surface area contributed by atoms with Crippen molar-refractivity contribution in [1.29, 1.82) is 0 Å². The molecule has 0 aliphatic rings. The van der Waals surface area contributed by atoms with E-state index in [9.17, 15) is 4.39 Å². The van der Waals surface area contributed by atoms with Crippen molar-refractivity contribution in [2.24, 2.45) is 0 Å². The lowest BCUT2D eigenvalue weighted by Crippen LogP contribution is -2.04. The Hall–Kier alpha value is -1.94. The highest BCUT2D eigenvalue weighted by Crippen LogP contribution is 2.17. The number of hydrogen-bond donors (Lipinski definition) is 1. The molecule has 0 atom stereocenters. The van der Waals surface area contributed by atoms with Crippen molar-refractivity contribution in [2.45, 2.75) is 19.4 Å². The SMILES string of the molecule is OCc1ccnc(OCCCc2ccccc2)c1F. The van der Waals surface area contributed by atoms with E-state index in [1.54, 1.807) is 0 Å². The summed E-state index contributed by atoms with van der Waals surface area (Å²) in [6.45, 7) is 0.0441. The van der Waals surface area contributed by atoms with Crippen LogP contribution < -0.4 is 4.74 Å². The molecule has 0 fully saturated rings. The van der Waals surface area contributed by atoms with E-state index in [4.69, 9.17) is 9.84 Å². The minimum Gasteiger partial charge on any atom is -0.476 e. The fourth-order valence-corrected chi connectivity index (χ4v) is 1.77. The molecule has 100 valence electrons. The van der Waals surface area contributed by atoms with E-state index >= 15 is 0 Å². The van der Waals surface area contributed by atoms with Crippen molar-refractivity contribution in [3.8, 4) is 5.88 Å². The summed E-state index contributed by atoms with van der Waals surface area (Å²) in [5, 5.41) is 8.94. The summed E-state index contributed by atoms with van der Waals surface area (Å²) in [6, 6.07) is 11.5. The van der Waals surface area contributed by atoms with Gasteiger partial charge in [0.25, 0.3) is 5.88 Å². The van der Waals surface area contributed by atoms with Crippen molar-refractivity contribution >= 4 is 0 Å². The number of rotatable bonds is 6. The van der Waals surface area contributed by atoms with Crippen molar-refractivity contribution in [3.05, 3.63) is 59.5 Å². The van der Waals surface area contributed by atoms with Crippen LogP contribution >= 0.6 is 0 Å². The molecular formula is C15H16FNO2. The van der Waals surface area contributed by atoms with Gasteiger partial charge in [-0.1, -0.05) is 30.3 Å². The highest BCUT2D eigenvalue weighted by Gasteiger charge is 2.09. The molecule has 0 aliphatic carbocycles. The van der Waals surface area contributed by atoms with E-state index in [2.05, 4.69) is 4.98 Å². The topological polar surface area (TPSA) is 42.4 Å². The first kappa shape index (κ1) is 13.5. The van der Waals surface area contributed by atoms with Gasteiger partial charge < -0.3 is 9.84 Å². The van der Waals surface area contributed by atoms with Gasteiger partial charge in [-0.25, -0.2) is 9.37 Å². The minimum atomic E-state index is -0.579. The van der Waals surface area contributed by atoms with Gasteiger partial charge in [-0.15, -0.1) is 0 Å². The zero-order valence-corrected chi connectivity index (χ0v) is 10.6. The van der Waals surface area contributed by atoms with Gasteiger partial charge in [0.1, 0.15) is 0 Å². The van der Waals surface area contributed by atoms with Gasteiger partial charge in [-0.2, -0.15) is 0 Å². The van der Waals surface area contributed by atoms with Gasteiger partial charge in [0.15, 0.2) is 5.82 Å². The molecule has 3 nitrogen and oxygen atoms in total. The second-order valence-corrected chi connectivity index (χ2v) is 4.18. The monoisotopic (exact) mass is 261 g/mol. The summed E-state index contributed by atoms with van der Waals surface area (Å²) in [7, 11) is 0. The van der Waals surface area contributed by atoms with Crippen molar-refractivity contribution in [2.75, 3.05) is 6.61 Å². The number of ether oxygens (including phenoxy) is 1. The van der Waals surface area contributed by atoms with Gasteiger partial charge in [-0.3, -0.25) is 0 Å². The molecule has 1 heterocycles. The summed E-state index contributed by atoms with van der Waals surface area (Å²) in [5.74, 6) is -0.621. The van der Waals surface area contributed by atoms with Crippen molar-refractivity contribution in [3.63, 3.8) is 0 Å². The first-order valence-corrected chi connectivity index (χ1v) is 6.22. The fourth-order valence-electron chi connectivity index (χ4n) is 1.77. The van der Waals surface area contributed by atoms with Crippen LogP contribution in [0, 0.1) is 5.82 Å². The molecule has 1 aromatic carbocycles. The van der Waals surface area contributed by atoms with Crippen molar-refractivity contribution < 1.29 is 14.2 Å². The van der Waals surface area contributed by atoms with E-state index in [0.717, 1.165) is 12.8 Å². The second-order valence-electron chi connectivity index (χ2n) is 4.18. The molecule has 0 saturated heterocycles. The van der Waals surface area contributed by atoms with Crippen LogP contribution in [0.25, 0.3) is 0 Å². The normalized spacial score (nSPS) is 10.4. The van der Waals surface area contributed by atoms with Crippen LogP contribution in [0.4, 0.5) is 4.39 Å². The van der Waals surface area contributed by atoms with E-state index in [1.807, 2.05) is 30.3 Å². The number of pyridine rings is 1. The predicted molar refractivity (Wildman–Crippen MR) is 70.4 cm³/mol. The summed E-state index contributed by atoms with van der Waals surface area (Å²) in [6.07, 6.45) is 3.10. The molecule has 1 aromatic heterocycles.